The Morgan fingerprint density at radius 1 is 1.19 bits per heavy atom. The van der Waals surface area contributed by atoms with Crippen LogP contribution in [0.4, 0.5) is 0 Å². The largest absolute Gasteiger partial charge is 0.452 e. The van der Waals surface area contributed by atoms with Crippen molar-refractivity contribution in [2.45, 2.75) is 25.7 Å². The lowest BCUT2D eigenvalue weighted by Crippen LogP contribution is -2.35. The van der Waals surface area contributed by atoms with Crippen LogP contribution in [0.3, 0.4) is 0 Å². The summed E-state index contributed by atoms with van der Waals surface area (Å²) in [5, 5.41) is 0.448. The van der Waals surface area contributed by atoms with Crippen LogP contribution < -0.4 is 0 Å². The van der Waals surface area contributed by atoms with Crippen LogP contribution in [0.1, 0.15) is 36.0 Å². The minimum absolute atomic E-state index is 0.136. The molecule has 114 valence electrons. The van der Waals surface area contributed by atoms with Crippen LogP contribution in [0.2, 0.25) is 5.02 Å². The molecule has 1 fully saturated rings. The Labute approximate surface area is 137 Å². The summed E-state index contributed by atoms with van der Waals surface area (Å²) < 4.78 is 5.70. The predicted molar refractivity (Wildman–Crippen MR) is 84.5 cm³/mol. The summed E-state index contributed by atoms with van der Waals surface area (Å²) in [5.41, 5.74) is 0.325. The highest BCUT2D eigenvalue weighted by Gasteiger charge is 2.19. The Bertz CT molecular complexity index is 528. The van der Waals surface area contributed by atoms with Crippen molar-refractivity contribution in [2.75, 3.05) is 19.7 Å². The van der Waals surface area contributed by atoms with Crippen LogP contribution in [0.5, 0.6) is 0 Å². The third-order valence-electron chi connectivity index (χ3n) is 3.43. The van der Waals surface area contributed by atoms with Gasteiger partial charge in [0.05, 0.1) is 5.56 Å². The van der Waals surface area contributed by atoms with E-state index in [1.54, 1.807) is 17.0 Å². The molecule has 0 spiro atoms. The first-order valence-electron chi connectivity index (χ1n) is 6.98. The van der Waals surface area contributed by atoms with Crippen molar-refractivity contribution in [3.8, 4) is 0 Å². The van der Waals surface area contributed by atoms with E-state index in [9.17, 15) is 9.59 Å². The summed E-state index contributed by atoms with van der Waals surface area (Å²) in [6.07, 6.45) is 4.33. The van der Waals surface area contributed by atoms with Gasteiger partial charge in [0.15, 0.2) is 6.61 Å². The number of carbonyl (C=O) groups excluding carboxylic acids is 2. The Morgan fingerprint density at radius 2 is 1.86 bits per heavy atom. The van der Waals surface area contributed by atoms with E-state index < -0.39 is 5.97 Å². The maximum Gasteiger partial charge on any atom is 0.339 e. The highest BCUT2D eigenvalue weighted by Crippen LogP contribution is 2.22. The summed E-state index contributed by atoms with van der Waals surface area (Å²) in [5.74, 6) is -0.684. The number of rotatable bonds is 3. The number of benzene rings is 1. The molecule has 4 nitrogen and oxygen atoms in total. The van der Waals surface area contributed by atoms with E-state index in [2.05, 4.69) is 15.9 Å². The first-order valence-corrected chi connectivity index (χ1v) is 8.15. The monoisotopic (exact) mass is 373 g/mol. The van der Waals surface area contributed by atoms with Gasteiger partial charge in [-0.1, -0.05) is 24.4 Å². The fourth-order valence-corrected chi connectivity index (χ4v) is 2.85. The number of hydrogen-bond donors (Lipinski definition) is 0. The van der Waals surface area contributed by atoms with Crippen LogP contribution in [-0.4, -0.2) is 36.5 Å². The number of likely N-dealkylation sites (tertiary alicyclic amines) is 1. The highest BCUT2D eigenvalue weighted by molar-refractivity contribution is 9.10. The van der Waals surface area contributed by atoms with Gasteiger partial charge in [-0.2, -0.15) is 0 Å². The highest BCUT2D eigenvalue weighted by atomic mass is 79.9. The zero-order valence-electron chi connectivity index (χ0n) is 11.6. The second kappa shape index (κ2) is 7.80. The van der Waals surface area contributed by atoms with E-state index >= 15 is 0 Å². The van der Waals surface area contributed by atoms with E-state index in [1.807, 2.05) is 0 Å². The Kier molecular flexibility index (Phi) is 6.06. The van der Waals surface area contributed by atoms with Crippen molar-refractivity contribution < 1.29 is 14.3 Å². The molecule has 0 aliphatic carbocycles. The Hall–Kier alpha value is -1.07. The third kappa shape index (κ3) is 4.71. The van der Waals surface area contributed by atoms with Crippen molar-refractivity contribution in [3.05, 3.63) is 33.3 Å². The molecule has 1 amide bonds. The molecule has 0 radical (unpaired) electrons. The molecule has 0 atom stereocenters. The van der Waals surface area contributed by atoms with Gasteiger partial charge in [0.2, 0.25) is 0 Å². The summed E-state index contributed by atoms with van der Waals surface area (Å²) >= 11 is 9.13. The fourth-order valence-electron chi connectivity index (χ4n) is 2.27. The number of hydrogen-bond acceptors (Lipinski definition) is 3. The molecule has 0 N–H and O–H groups in total. The van der Waals surface area contributed by atoms with E-state index in [0.29, 0.717) is 15.1 Å². The van der Waals surface area contributed by atoms with Gasteiger partial charge >= 0.3 is 5.97 Å². The molecular weight excluding hydrogens is 358 g/mol. The minimum Gasteiger partial charge on any atom is -0.452 e. The van der Waals surface area contributed by atoms with Crippen LogP contribution in [-0.2, 0) is 9.53 Å². The number of nitrogens with zero attached hydrogens (tertiary/aromatic N) is 1. The summed E-state index contributed by atoms with van der Waals surface area (Å²) in [4.78, 5) is 25.8. The molecule has 6 heteroatoms. The molecule has 0 unspecified atom stereocenters. The SMILES string of the molecule is O=C(OCC(=O)N1CCCCCC1)c1cc(Cl)ccc1Br. The molecule has 1 aliphatic heterocycles. The number of esters is 1. The normalized spacial score (nSPS) is 15.4. The Balaban J connectivity index is 1.91. The first-order chi connectivity index (χ1) is 10.1. The number of amides is 1. The minimum atomic E-state index is -0.549. The Morgan fingerprint density at radius 3 is 2.52 bits per heavy atom. The molecule has 2 rings (SSSR count). The van der Waals surface area contributed by atoms with Crippen molar-refractivity contribution >= 4 is 39.4 Å². The molecule has 1 saturated heterocycles. The zero-order valence-corrected chi connectivity index (χ0v) is 14.0. The van der Waals surface area contributed by atoms with Gasteiger partial charge in [0, 0.05) is 22.6 Å². The van der Waals surface area contributed by atoms with E-state index in [4.69, 9.17) is 16.3 Å². The molecule has 0 saturated carbocycles. The smallest absolute Gasteiger partial charge is 0.339 e. The van der Waals surface area contributed by atoms with Gasteiger partial charge in [0.1, 0.15) is 0 Å². The van der Waals surface area contributed by atoms with Crippen LogP contribution in [0, 0.1) is 0 Å². The molecule has 1 aliphatic rings. The van der Waals surface area contributed by atoms with E-state index in [-0.39, 0.29) is 12.5 Å². The molecule has 0 bridgehead atoms. The summed E-state index contributed by atoms with van der Waals surface area (Å²) in [6, 6.07) is 4.87. The fraction of sp³-hybridized carbons (Fsp3) is 0.467. The maximum atomic E-state index is 12.0. The lowest BCUT2D eigenvalue weighted by molar-refractivity contribution is -0.134. The lowest BCUT2D eigenvalue weighted by atomic mass is 10.2. The number of halogens is 2. The summed E-state index contributed by atoms with van der Waals surface area (Å²) in [6.45, 7) is 1.27. The van der Waals surface area contributed by atoms with Crippen molar-refractivity contribution in [2.24, 2.45) is 0 Å². The van der Waals surface area contributed by atoms with Crippen LogP contribution in [0.25, 0.3) is 0 Å². The molecule has 1 aromatic carbocycles. The van der Waals surface area contributed by atoms with E-state index in [1.165, 1.54) is 6.07 Å². The second-order valence-corrected chi connectivity index (χ2v) is 6.29. The van der Waals surface area contributed by atoms with Gasteiger partial charge in [-0.25, -0.2) is 4.79 Å². The van der Waals surface area contributed by atoms with Crippen LogP contribution in [0.15, 0.2) is 22.7 Å². The molecular formula is C15H17BrClNO3. The average molecular weight is 375 g/mol. The molecule has 1 aromatic rings. The average Bonchev–Trinajstić information content (AvgIpc) is 2.76. The molecule has 21 heavy (non-hydrogen) atoms. The zero-order chi connectivity index (χ0) is 15.2. The van der Waals surface area contributed by atoms with Gasteiger partial charge in [-0.3, -0.25) is 4.79 Å². The number of carbonyl (C=O) groups is 2. The van der Waals surface area contributed by atoms with Gasteiger partial charge in [0.25, 0.3) is 5.91 Å². The van der Waals surface area contributed by atoms with Crippen molar-refractivity contribution in [3.63, 3.8) is 0 Å². The second-order valence-electron chi connectivity index (χ2n) is 5.00. The number of ether oxygens (including phenoxy) is 1. The maximum absolute atomic E-state index is 12.0. The van der Waals surface area contributed by atoms with Crippen molar-refractivity contribution in [1.29, 1.82) is 0 Å². The quantitative estimate of drug-likeness (QED) is 0.759. The summed E-state index contributed by atoms with van der Waals surface area (Å²) in [7, 11) is 0. The van der Waals surface area contributed by atoms with Gasteiger partial charge in [-0.05, 0) is 47.0 Å². The van der Waals surface area contributed by atoms with E-state index in [0.717, 1.165) is 38.8 Å². The molecule has 1 heterocycles. The topological polar surface area (TPSA) is 46.6 Å². The molecule has 0 aromatic heterocycles. The van der Waals surface area contributed by atoms with Crippen molar-refractivity contribution in [1.82, 2.24) is 4.90 Å². The van der Waals surface area contributed by atoms with Gasteiger partial charge in [-0.15, -0.1) is 0 Å². The lowest BCUT2D eigenvalue weighted by Gasteiger charge is -2.20. The third-order valence-corrected chi connectivity index (χ3v) is 4.36. The van der Waals surface area contributed by atoms with Crippen LogP contribution >= 0.6 is 27.5 Å². The predicted octanol–water partition coefficient (Wildman–Crippen LogP) is 3.66. The standard InChI is InChI=1S/C15H17BrClNO3/c16-13-6-5-11(17)9-12(13)15(20)21-10-14(19)18-7-3-1-2-4-8-18/h5-6,9H,1-4,7-8,10H2. The van der Waals surface area contributed by atoms with Gasteiger partial charge < -0.3 is 9.64 Å². The first kappa shape index (κ1) is 16.3.